The maximum Gasteiger partial charge on any atom is 0.374 e. The van der Waals surface area contributed by atoms with E-state index in [1.54, 1.807) is 12.1 Å². The number of carboxylic acids is 1. The van der Waals surface area contributed by atoms with Crippen LogP contribution in [0.1, 0.15) is 10.6 Å². The van der Waals surface area contributed by atoms with Gasteiger partial charge in [-0.05, 0) is 12.1 Å². The molecule has 0 saturated heterocycles. The summed E-state index contributed by atoms with van der Waals surface area (Å²) in [7, 11) is 1.50. The van der Waals surface area contributed by atoms with E-state index in [2.05, 4.69) is 5.16 Å². The molecule has 0 unspecified atom stereocenters. The topological polar surface area (TPSA) is 91.0 Å². The first kappa shape index (κ1) is 12.3. The van der Waals surface area contributed by atoms with E-state index in [0.717, 1.165) is 0 Å². The van der Waals surface area contributed by atoms with Crippen LogP contribution < -0.4 is 14.2 Å². The van der Waals surface area contributed by atoms with Crippen molar-refractivity contribution in [2.75, 3.05) is 20.3 Å². The molecule has 0 aliphatic carbocycles. The average Bonchev–Trinajstić information content (AvgIpc) is 2.95. The molecule has 1 aliphatic heterocycles. The van der Waals surface area contributed by atoms with Crippen LogP contribution in [-0.4, -0.2) is 36.6 Å². The fourth-order valence-corrected chi connectivity index (χ4v) is 2.00. The lowest BCUT2D eigenvalue weighted by Crippen LogP contribution is -2.16. The highest BCUT2D eigenvalue weighted by Gasteiger charge is 2.23. The lowest BCUT2D eigenvalue weighted by atomic mass is 10.1. The van der Waals surface area contributed by atoms with Crippen molar-refractivity contribution in [3.63, 3.8) is 0 Å². The molecule has 1 aromatic carbocycles. The van der Waals surface area contributed by atoms with E-state index in [-0.39, 0.29) is 5.76 Å². The summed E-state index contributed by atoms with van der Waals surface area (Å²) in [6, 6.07) is 4.77. The summed E-state index contributed by atoms with van der Waals surface area (Å²) in [6.45, 7) is 0.897. The smallest absolute Gasteiger partial charge is 0.374 e. The highest BCUT2D eigenvalue weighted by atomic mass is 16.6. The van der Waals surface area contributed by atoms with Gasteiger partial charge in [0, 0.05) is 11.6 Å². The molecule has 0 spiro atoms. The summed E-state index contributed by atoms with van der Waals surface area (Å²) in [5, 5.41) is 12.6. The predicted octanol–water partition coefficient (Wildman–Crippen LogP) is 1.82. The highest BCUT2D eigenvalue weighted by molar-refractivity contribution is 5.86. The Balaban J connectivity index is 2.10. The lowest BCUT2D eigenvalue weighted by Gasteiger charge is -2.21. The van der Waals surface area contributed by atoms with Crippen LogP contribution >= 0.6 is 0 Å². The largest absolute Gasteiger partial charge is 0.492 e. The third-order valence-electron chi connectivity index (χ3n) is 2.86. The third kappa shape index (κ3) is 1.93. The molecular weight excluding hydrogens is 266 g/mol. The molecule has 0 radical (unpaired) electrons. The maximum atomic E-state index is 10.8. The maximum absolute atomic E-state index is 10.8. The zero-order chi connectivity index (χ0) is 14.1. The molecule has 0 amide bonds. The zero-order valence-corrected chi connectivity index (χ0v) is 10.6. The molecule has 7 heteroatoms. The molecule has 1 N–H and O–H groups in total. The Morgan fingerprint density at radius 3 is 2.85 bits per heavy atom. The molecular formula is C13H11NO6. The number of aromatic carboxylic acids is 1. The van der Waals surface area contributed by atoms with Gasteiger partial charge in [-0.3, -0.25) is 0 Å². The van der Waals surface area contributed by atoms with Crippen LogP contribution in [0.4, 0.5) is 0 Å². The number of rotatable bonds is 3. The van der Waals surface area contributed by atoms with E-state index in [1.807, 2.05) is 0 Å². The number of hydrogen-bond acceptors (Lipinski definition) is 6. The lowest BCUT2D eigenvalue weighted by molar-refractivity contribution is 0.0652. The summed E-state index contributed by atoms with van der Waals surface area (Å²) >= 11 is 0. The summed E-state index contributed by atoms with van der Waals surface area (Å²) in [5.41, 5.74) is 0.934. The Morgan fingerprint density at radius 2 is 2.15 bits per heavy atom. The molecule has 3 rings (SSSR count). The van der Waals surface area contributed by atoms with Gasteiger partial charge in [0.1, 0.15) is 18.9 Å². The standard InChI is InChI=1S/C13H11NO6/c1-17-11-7(8-6-10(13(15)16)20-14-8)2-3-9-12(11)19-5-4-18-9/h2-3,6H,4-5H2,1H3,(H,15,16). The van der Waals surface area contributed by atoms with Crippen LogP contribution in [0.25, 0.3) is 11.3 Å². The molecule has 0 atom stereocenters. The van der Waals surface area contributed by atoms with E-state index in [0.29, 0.717) is 41.7 Å². The highest BCUT2D eigenvalue weighted by Crippen LogP contribution is 2.45. The number of carboxylic acid groups (broad SMARTS) is 1. The Bertz CT molecular complexity index is 663. The SMILES string of the molecule is COc1c(-c2cc(C(=O)O)on2)ccc2c1OCCO2. The number of ether oxygens (including phenoxy) is 3. The number of methoxy groups -OCH3 is 1. The Morgan fingerprint density at radius 1 is 1.35 bits per heavy atom. The van der Waals surface area contributed by atoms with Crippen LogP contribution in [0.3, 0.4) is 0 Å². The summed E-state index contributed by atoms with van der Waals surface area (Å²) in [6.07, 6.45) is 0. The van der Waals surface area contributed by atoms with Crippen molar-refractivity contribution < 1.29 is 28.6 Å². The first-order valence-electron chi connectivity index (χ1n) is 5.87. The first-order valence-corrected chi connectivity index (χ1v) is 5.87. The molecule has 2 aromatic rings. The van der Waals surface area contributed by atoms with Crippen molar-refractivity contribution in [3.05, 3.63) is 24.0 Å². The van der Waals surface area contributed by atoms with Gasteiger partial charge in [-0.25, -0.2) is 4.79 Å². The van der Waals surface area contributed by atoms with E-state index in [4.69, 9.17) is 23.8 Å². The molecule has 2 heterocycles. The van der Waals surface area contributed by atoms with Gasteiger partial charge in [-0.15, -0.1) is 0 Å². The summed E-state index contributed by atoms with van der Waals surface area (Å²) in [4.78, 5) is 10.8. The minimum Gasteiger partial charge on any atom is -0.492 e. The van der Waals surface area contributed by atoms with Gasteiger partial charge in [-0.2, -0.15) is 0 Å². The Kier molecular flexibility index (Phi) is 2.94. The molecule has 7 nitrogen and oxygen atoms in total. The fourth-order valence-electron chi connectivity index (χ4n) is 2.00. The number of hydrogen-bond donors (Lipinski definition) is 1. The van der Waals surface area contributed by atoms with Crippen molar-refractivity contribution in [1.82, 2.24) is 5.16 Å². The van der Waals surface area contributed by atoms with E-state index < -0.39 is 5.97 Å². The molecule has 0 fully saturated rings. The zero-order valence-electron chi connectivity index (χ0n) is 10.6. The van der Waals surface area contributed by atoms with Gasteiger partial charge >= 0.3 is 5.97 Å². The van der Waals surface area contributed by atoms with Crippen LogP contribution in [0.2, 0.25) is 0 Å². The molecule has 1 aliphatic rings. The van der Waals surface area contributed by atoms with Gasteiger partial charge in [0.05, 0.1) is 7.11 Å². The minimum atomic E-state index is -1.18. The van der Waals surface area contributed by atoms with E-state index >= 15 is 0 Å². The van der Waals surface area contributed by atoms with Crippen LogP contribution in [0.15, 0.2) is 22.7 Å². The molecule has 0 saturated carbocycles. The van der Waals surface area contributed by atoms with Crippen LogP contribution in [-0.2, 0) is 0 Å². The number of carbonyl (C=O) groups is 1. The third-order valence-corrected chi connectivity index (χ3v) is 2.86. The monoisotopic (exact) mass is 277 g/mol. The average molecular weight is 277 g/mol. The van der Waals surface area contributed by atoms with Crippen LogP contribution in [0, 0.1) is 0 Å². The fraction of sp³-hybridized carbons (Fsp3) is 0.231. The second kappa shape index (κ2) is 4.76. The minimum absolute atomic E-state index is 0.239. The van der Waals surface area contributed by atoms with Gasteiger partial charge in [-0.1, -0.05) is 5.16 Å². The molecule has 0 bridgehead atoms. The quantitative estimate of drug-likeness (QED) is 0.914. The second-order valence-corrected chi connectivity index (χ2v) is 4.05. The Hall–Kier alpha value is -2.70. The predicted molar refractivity (Wildman–Crippen MR) is 66.4 cm³/mol. The summed E-state index contributed by atoms with van der Waals surface area (Å²) < 4.78 is 21.1. The van der Waals surface area contributed by atoms with Crippen molar-refractivity contribution in [1.29, 1.82) is 0 Å². The molecule has 104 valence electrons. The van der Waals surface area contributed by atoms with Gasteiger partial charge in [0.15, 0.2) is 11.5 Å². The van der Waals surface area contributed by atoms with Gasteiger partial charge < -0.3 is 23.8 Å². The van der Waals surface area contributed by atoms with Crippen molar-refractivity contribution in [2.45, 2.75) is 0 Å². The van der Waals surface area contributed by atoms with E-state index in [1.165, 1.54) is 13.2 Å². The molecule has 20 heavy (non-hydrogen) atoms. The first-order chi connectivity index (χ1) is 9.70. The number of aromatic nitrogens is 1. The van der Waals surface area contributed by atoms with Gasteiger partial charge in [0.25, 0.3) is 0 Å². The summed E-state index contributed by atoms with van der Waals surface area (Å²) in [5.74, 6) is 0.0829. The van der Waals surface area contributed by atoms with Crippen molar-refractivity contribution >= 4 is 5.97 Å². The normalized spacial score (nSPS) is 13.1. The second-order valence-electron chi connectivity index (χ2n) is 4.05. The van der Waals surface area contributed by atoms with Gasteiger partial charge in [0.2, 0.25) is 11.5 Å². The van der Waals surface area contributed by atoms with Crippen molar-refractivity contribution in [2.24, 2.45) is 0 Å². The van der Waals surface area contributed by atoms with E-state index in [9.17, 15) is 4.79 Å². The number of fused-ring (bicyclic) bond motifs is 1. The van der Waals surface area contributed by atoms with Crippen LogP contribution in [0.5, 0.6) is 17.2 Å². The number of benzene rings is 1. The molecule has 1 aromatic heterocycles. The van der Waals surface area contributed by atoms with Crippen molar-refractivity contribution in [3.8, 4) is 28.5 Å². The number of nitrogens with zero attached hydrogens (tertiary/aromatic N) is 1. The Labute approximate surface area is 113 Å².